The zero-order valence-electron chi connectivity index (χ0n) is 26.9. The molecular formula is C46H36N2. The zero-order valence-corrected chi connectivity index (χ0v) is 26.9. The molecule has 1 saturated carbocycles. The van der Waals surface area contributed by atoms with E-state index in [-0.39, 0.29) is 5.41 Å². The molecule has 0 N–H and O–H groups in total. The fourth-order valence-electron chi connectivity index (χ4n) is 8.21. The van der Waals surface area contributed by atoms with E-state index in [0.717, 1.165) is 33.9 Å². The van der Waals surface area contributed by atoms with Gasteiger partial charge < -0.3 is 0 Å². The lowest BCUT2D eigenvalue weighted by Crippen LogP contribution is -2.27. The van der Waals surface area contributed by atoms with E-state index >= 15 is 0 Å². The lowest BCUT2D eigenvalue weighted by Gasteiger charge is -2.36. The third-order valence-electron chi connectivity index (χ3n) is 10.5. The van der Waals surface area contributed by atoms with Gasteiger partial charge in [-0.2, -0.15) is 0 Å². The molecule has 7 aromatic rings. The summed E-state index contributed by atoms with van der Waals surface area (Å²) in [7, 11) is 0. The Kier molecular flexibility index (Phi) is 7.08. The Hall–Kier alpha value is -5.60. The van der Waals surface area contributed by atoms with Crippen molar-refractivity contribution in [3.63, 3.8) is 0 Å². The molecule has 0 unspecified atom stereocenters. The minimum absolute atomic E-state index is 0.135. The monoisotopic (exact) mass is 616 g/mol. The first-order chi connectivity index (χ1) is 23.8. The van der Waals surface area contributed by atoms with E-state index in [2.05, 4.69) is 152 Å². The minimum Gasteiger partial charge on any atom is -0.228 e. The summed E-state index contributed by atoms with van der Waals surface area (Å²) in [6.07, 6.45) is 6.38. The maximum absolute atomic E-state index is 5.20. The average Bonchev–Trinajstić information content (AvgIpc) is 3.44. The van der Waals surface area contributed by atoms with Crippen molar-refractivity contribution in [2.45, 2.75) is 37.5 Å². The van der Waals surface area contributed by atoms with Crippen LogP contribution >= 0.6 is 0 Å². The van der Waals surface area contributed by atoms with Crippen LogP contribution in [-0.4, -0.2) is 9.97 Å². The van der Waals surface area contributed by atoms with Crippen molar-refractivity contribution >= 4 is 0 Å². The Bertz CT molecular complexity index is 2250. The molecule has 0 radical (unpaired) electrons. The summed E-state index contributed by atoms with van der Waals surface area (Å²) in [4.78, 5) is 10.4. The van der Waals surface area contributed by atoms with E-state index in [0.29, 0.717) is 0 Å². The molecule has 48 heavy (non-hydrogen) atoms. The molecule has 0 atom stereocenters. The van der Waals surface area contributed by atoms with Crippen LogP contribution in [0, 0.1) is 0 Å². The molecule has 0 aliphatic heterocycles. The summed E-state index contributed by atoms with van der Waals surface area (Å²) in [6.45, 7) is 0. The van der Waals surface area contributed by atoms with Gasteiger partial charge in [-0.1, -0.05) is 165 Å². The normalized spacial score (nSPS) is 14.4. The first-order valence-electron chi connectivity index (χ1n) is 17.2. The van der Waals surface area contributed by atoms with E-state index in [1.54, 1.807) is 0 Å². The smallest absolute Gasteiger partial charge is 0.160 e. The van der Waals surface area contributed by atoms with Crippen molar-refractivity contribution in [3.8, 4) is 67.3 Å². The van der Waals surface area contributed by atoms with Gasteiger partial charge in [-0.3, -0.25) is 0 Å². The molecular weight excluding hydrogens is 581 g/mol. The van der Waals surface area contributed by atoms with Gasteiger partial charge in [-0.15, -0.1) is 0 Å². The second-order valence-corrected chi connectivity index (χ2v) is 13.3. The van der Waals surface area contributed by atoms with Crippen molar-refractivity contribution in [2.75, 3.05) is 0 Å². The van der Waals surface area contributed by atoms with Crippen LogP contribution in [0.5, 0.6) is 0 Å². The molecule has 0 amide bonds. The van der Waals surface area contributed by atoms with E-state index in [1.807, 2.05) is 6.07 Å². The van der Waals surface area contributed by atoms with Crippen LogP contribution in [-0.2, 0) is 5.41 Å². The number of fused-ring (bicyclic) bond motifs is 5. The van der Waals surface area contributed by atoms with Crippen LogP contribution in [0.15, 0.2) is 158 Å². The highest BCUT2D eigenvalue weighted by molar-refractivity contribution is 5.93. The summed E-state index contributed by atoms with van der Waals surface area (Å²) in [5, 5.41) is 0. The standard InChI is InChI=1S/C46H36N2/c1-4-14-32(15-5-1)33-24-26-35(27-25-33)43-31-42(34-16-6-2-7-17-34)47-45(48-43)37-19-12-18-36(30-37)38-21-13-23-41-44(38)39-20-8-9-22-40(39)46(41)28-10-3-11-29-46/h1-2,4-9,12-27,30-31H,3,10-11,28-29H2. The Labute approximate surface area is 282 Å². The van der Waals surface area contributed by atoms with Gasteiger partial charge in [-0.05, 0) is 69.5 Å². The molecule has 2 nitrogen and oxygen atoms in total. The highest BCUT2D eigenvalue weighted by atomic mass is 14.9. The van der Waals surface area contributed by atoms with Crippen LogP contribution in [0.3, 0.4) is 0 Å². The van der Waals surface area contributed by atoms with Crippen LogP contribution in [0.1, 0.15) is 43.2 Å². The van der Waals surface area contributed by atoms with Crippen molar-refractivity contribution in [1.29, 1.82) is 0 Å². The van der Waals surface area contributed by atoms with Crippen LogP contribution < -0.4 is 0 Å². The maximum Gasteiger partial charge on any atom is 0.160 e. The molecule has 1 heterocycles. The molecule has 1 spiro atoms. The SMILES string of the molecule is c1ccc(-c2ccc(-c3cc(-c4ccccc4)nc(-c4cccc(-c5cccc6c5-c5ccccc5C65CCCCC5)c4)n3)cc2)cc1. The number of rotatable bonds is 5. The number of aromatic nitrogens is 2. The van der Waals surface area contributed by atoms with Gasteiger partial charge in [0, 0.05) is 22.1 Å². The highest BCUT2D eigenvalue weighted by Gasteiger charge is 2.44. The molecule has 9 rings (SSSR count). The molecule has 1 fully saturated rings. The van der Waals surface area contributed by atoms with Gasteiger partial charge >= 0.3 is 0 Å². The summed E-state index contributed by atoms with van der Waals surface area (Å²) in [5.41, 5.74) is 15.9. The first kappa shape index (κ1) is 28.6. The first-order valence-corrected chi connectivity index (χ1v) is 17.2. The fraction of sp³-hybridized carbons (Fsp3) is 0.130. The quantitative estimate of drug-likeness (QED) is 0.192. The summed E-state index contributed by atoms with van der Waals surface area (Å²) >= 11 is 0. The number of hydrogen-bond acceptors (Lipinski definition) is 2. The topological polar surface area (TPSA) is 25.8 Å². The van der Waals surface area contributed by atoms with Crippen LogP contribution in [0.2, 0.25) is 0 Å². The third kappa shape index (κ3) is 4.88. The Morgan fingerprint density at radius 3 is 1.65 bits per heavy atom. The third-order valence-corrected chi connectivity index (χ3v) is 10.5. The van der Waals surface area contributed by atoms with Crippen molar-refractivity contribution in [3.05, 3.63) is 169 Å². The largest absolute Gasteiger partial charge is 0.228 e. The summed E-state index contributed by atoms with van der Waals surface area (Å²) < 4.78 is 0. The van der Waals surface area contributed by atoms with Crippen LogP contribution in [0.25, 0.3) is 67.3 Å². The molecule has 1 aromatic heterocycles. The highest BCUT2D eigenvalue weighted by Crippen LogP contribution is 2.57. The average molecular weight is 617 g/mol. The van der Waals surface area contributed by atoms with Crippen molar-refractivity contribution < 1.29 is 0 Å². The minimum atomic E-state index is 0.135. The molecule has 2 aliphatic carbocycles. The van der Waals surface area contributed by atoms with E-state index in [9.17, 15) is 0 Å². The van der Waals surface area contributed by atoms with Gasteiger partial charge in [0.05, 0.1) is 11.4 Å². The molecule has 6 aromatic carbocycles. The van der Waals surface area contributed by atoms with Gasteiger partial charge in [0.25, 0.3) is 0 Å². The molecule has 0 bridgehead atoms. The maximum atomic E-state index is 5.20. The van der Waals surface area contributed by atoms with Gasteiger partial charge in [0.2, 0.25) is 0 Å². The summed E-state index contributed by atoms with van der Waals surface area (Å²) in [6, 6.07) is 56.7. The Balaban J connectivity index is 1.16. The zero-order chi connectivity index (χ0) is 31.9. The number of benzene rings is 6. The van der Waals surface area contributed by atoms with Crippen LogP contribution in [0.4, 0.5) is 0 Å². The molecule has 0 saturated heterocycles. The fourth-order valence-corrected chi connectivity index (χ4v) is 8.21. The molecule has 2 aliphatic rings. The number of hydrogen-bond donors (Lipinski definition) is 0. The van der Waals surface area contributed by atoms with Gasteiger partial charge in [-0.25, -0.2) is 9.97 Å². The van der Waals surface area contributed by atoms with Crippen molar-refractivity contribution in [1.82, 2.24) is 9.97 Å². The van der Waals surface area contributed by atoms with E-state index < -0.39 is 0 Å². The second kappa shape index (κ2) is 11.9. The van der Waals surface area contributed by atoms with Gasteiger partial charge in [0.15, 0.2) is 5.82 Å². The Morgan fingerprint density at radius 1 is 0.375 bits per heavy atom. The number of nitrogens with zero attached hydrogens (tertiary/aromatic N) is 2. The second-order valence-electron chi connectivity index (χ2n) is 13.3. The molecule has 2 heteroatoms. The molecule has 230 valence electrons. The lowest BCUT2D eigenvalue weighted by atomic mass is 9.68. The summed E-state index contributed by atoms with van der Waals surface area (Å²) in [5.74, 6) is 0.733. The van der Waals surface area contributed by atoms with E-state index in [4.69, 9.17) is 9.97 Å². The lowest BCUT2D eigenvalue weighted by molar-refractivity contribution is 0.353. The van der Waals surface area contributed by atoms with Gasteiger partial charge in [0.1, 0.15) is 0 Å². The predicted octanol–water partition coefficient (Wildman–Crippen LogP) is 12.0. The van der Waals surface area contributed by atoms with E-state index in [1.165, 1.54) is 76.6 Å². The predicted molar refractivity (Wildman–Crippen MR) is 199 cm³/mol. The van der Waals surface area contributed by atoms with Crippen molar-refractivity contribution in [2.24, 2.45) is 0 Å². The Morgan fingerprint density at radius 2 is 0.896 bits per heavy atom.